The van der Waals surface area contributed by atoms with Crippen molar-refractivity contribution in [2.45, 2.75) is 96.8 Å². The van der Waals surface area contributed by atoms with Gasteiger partial charge in [-0.05, 0) is 70.1 Å². The average Bonchev–Trinajstić information content (AvgIpc) is 3.50. The van der Waals surface area contributed by atoms with Crippen LogP contribution in [0.15, 0.2) is 0 Å². The standard InChI is InChI=1S/C11H18O.C10H16O2/c1-9(12)11(7-8-11)10-5-3-2-4-6-10;11-9(12)10(6-7-10)8-4-2-1-3-5-8/h10H,2-8H2,1H3;8H,1-7H2,(H,11,12). The van der Waals surface area contributed by atoms with Gasteiger partial charge >= 0.3 is 5.97 Å². The number of carboxylic acids is 1. The highest BCUT2D eigenvalue weighted by Crippen LogP contribution is 2.57. The molecule has 0 atom stereocenters. The number of Topliss-reactive ketones (excluding diaryl/α,β-unsaturated/α-hetero) is 1. The van der Waals surface area contributed by atoms with Gasteiger partial charge in [-0.2, -0.15) is 0 Å². The van der Waals surface area contributed by atoms with E-state index in [1.54, 1.807) is 6.92 Å². The second-order valence-electron chi connectivity index (χ2n) is 8.84. The number of carboxylic acid groups (broad SMARTS) is 1. The van der Waals surface area contributed by atoms with E-state index in [0.717, 1.165) is 31.6 Å². The van der Waals surface area contributed by atoms with Crippen molar-refractivity contribution in [3.8, 4) is 0 Å². The van der Waals surface area contributed by atoms with E-state index in [9.17, 15) is 9.59 Å². The highest BCUT2D eigenvalue weighted by molar-refractivity contribution is 5.85. The van der Waals surface area contributed by atoms with Crippen LogP contribution in [0.4, 0.5) is 0 Å². The smallest absolute Gasteiger partial charge is 0.309 e. The molecule has 0 saturated heterocycles. The van der Waals surface area contributed by atoms with E-state index in [1.165, 1.54) is 64.2 Å². The second-order valence-corrected chi connectivity index (χ2v) is 8.84. The molecule has 3 nitrogen and oxygen atoms in total. The fraction of sp³-hybridized carbons (Fsp3) is 0.905. The molecule has 4 saturated carbocycles. The molecule has 4 fully saturated rings. The summed E-state index contributed by atoms with van der Waals surface area (Å²) in [4.78, 5) is 22.4. The maximum Gasteiger partial charge on any atom is 0.309 e. The van der Waals surface area contributed by atoms with Crippen molar-refractivity contribution in [2.24, 2.45) is 22.7 Å². The lowest BCUT2D eigenvalue weighted by Gasteiger charge is -2.28. The van der Waals surface area contributed by atoms with Gasteiger partial charge in [0.15, 0.2) is 0 Å². The highest BCUT2D eigenvalue weighted by atomic mass is 16.4. The van der Waals surface area contributed by atoms with Crippen molar-refractivity contribution < 1.29 is 14.7 Å². The minimum atomic E-state index is -0.533. The summed E-state index contributed by atoms with van der Waals surface area (Å²) in [6.45, 7) is 1.79. The lowest BCUT2D eigenvalue weighted by Crippen LogP contribution is -2.26. The van der Waals surface area contributed by atoms with Crippen LogP contribution in [0.25, 0.3) is 0 Å². The molecular weight excluding hydrogens is 300 g/mol. The predicted octanol–water partition coefficient (Wildman–Crippen LogP) is 5.37. The molecule has 4 rings (SSSR count). The predicted molar refractivity (Wildman–Crippen MR) is 94.8 cm³/mol. The van der Waals surface area contributed by atoms with Crippen LogP contribution in [0.3, 0.4) is 0 Å². The largest absolute Gasteiger partial charge is 0.481 e. The minimum absolute atomic E-state index is 0.181. The molecule has 4 aliphatic rings. The normalized spacial score (nSPS) is 28.4. The molecule has 1 N–H and O–H groups in total. The van der Waals surface area contributed by atoms with Crippen molar-refractivity contribution in [1.82, 2.24) is 0 Å². The Morgan fingerprint density at radius 3 is 1.38 bits per heavy atom. The van der Waals surface area contributed by atoms with Crippen molar-refractivity contribution in [1.29, 1.82) is 0 Å². The maximum absolute atomic E-state index is 11.4. The monoisotopic (exact) mass is 334 g/mol. The highest BCUT2D eigenvalue weighted by Gasteiger charge is 2.55. The van der Waals surface area contributed by atoms with E-state index in [0.29, 0.717) is 11.7 Å². The van der Waals surface area contributed by atoms with Gasteiger partial charge in [-0.1, -0.05) is 38.5 Å². The van der Waals surface area contributed by atoms with Crippen LogP contribution in [0.1, 0.15) is 96.8 Å². The first-order chi connectivity index (χ1) is 11.5. The quantitative estimate of drug-likeness (QED) is 0.752. The number of aliphatic carboxylic acids is 1. The molecule has 136 valence electrons. The first-order valence-corrected chi connectivity index (χ1v) is 10.3. The second kappa shape index (κ2) is 7.17. The summed E-state index contributed by atoms with van der Waals surface area (Å²) in [7, 11) is 0. The van der Waals surface area contributed by atoms with E-state index >= 15 is 0 Å². The van der Waals surface area contributed by atoms with Crippen LogP contribution in [-0.2, 0) is 9.59 Å². The molecular formula is C21H34O3. The molecule has 0 unspecified atom stereocenters. The topological polar surface area (TPSA) is 54.4 Å². The molecule has 0 heterocycles. The summed E-state index contributed by atoms with van der Waals surface area (Å²) in [5, 5.41) is 9.06. The Bertz CT molecular complexity index is 417. The minimum Gasteiger partial charge on any atom is -0.481 e. The van der Waals surface area contributed by atoms with Crippen molar-refractivity contribution in [3.05, 3.63) is 0 Å². The van der Waals surface area contributed by atoms with Crippen molar-refractivity contribution in [2.75, 3.05) is 0 Å². The Labute approximate surface area is 146 Å². The van der Waals surface area contributed by atoms with E-state index in [-0.39, 0.29) is 10.8 Å². The molecule has 3 heteroatoms. The molecule has 0 bridgehead atoms. The third-order valence-electron chi connectivity index (χ3n) is 7.48. The molecule has 4 aliphatic carbocycles. The fourth-order valence-corrected chi connectivity index (χ4v) is 5.42. The summed E-state index contributed by atoms with van der Waals surface area (Å²) in [6, 6.07) is 0. The number of hydrogen-bond donors (Lipinski definition) is 1. The SMILES string of the molecule is CC(=O)C1(C2CCCCC2)CC1.O=C(O)C1(C2CCCCC2)CC1. The van der Waals surface area contributed by atoms with Crippen LogP contribution < -0.4 is 0 Å². The Balaban J connectivity index is 0.000000141. The van der Waals surface area contributed by atoms with Gasteiger partial charge in [0.2, 0.25) is 0 Å². The van der Waals surface area contributed by atoms with Gasteiger partial charge in [0.25, 0.3) is 0 Å². The first kappa shape index (κ1) is 17.9. The van der Waals surface area contributed by atoms with Gasteiger partial charge in [0.05, 0.1) is 5.41 Å². The summed E-state index contributed by atoms with van der Waals surface area (Å²) < 4.78 is 0. The Morgan fingerprint density at radius 2 is 1.08 bits per heavy atom. The summed E-state index contributed by atoms with van der Waals surface area (Å²) >= 11 is 0. The van der Waals surface area contributed by atoms with E-state index in [1.807, 2.05) is 0 Å². The van der Waals surface area contributed by atoms with Gasteiger partial charge in [-0.25, -0.2) is 0 Å². The lowest BCUT2D eigenvalue weighted by molar-refractivity contribution is -0.146. The molecule has 0 aliphatic heterocycles. The Hall–Kier alpha value is -0.860. The lowest BCUT2D eigenvalue weighted by atomic mass is 9.76. The van der Waals surface area contributed by atoms with Crippen LogP contribution in [-0.4, -0.2) is 16.9 Å². The molecule has 0 aromatic carbocycles. The zero-order valence-corrected chi connectivity index (χ0v) is 15.3. The number of carbonyl (C=O) groups is 2. The summed E-state index contributed by atoms with van der Waals surface area (Å²) in [5.41, 5.74) is -0.0825. The molecule has 0 radical (unpaired) electrons. The number of hydrogen-bond acceptors (Lipinski definition) is 2. The van der Waals surface area contributed by atoms with Gasteiger partial charge in [0.1, 0.15) is 5.78 Å². The van der Waals surface area contributed by atoms with Crippen LogP contribution in [0.2, 0.25) is 0 Å². The zero-order chi connectivity index (χ0) is 17.2. The average molecular weight is 335 g/mol. The zero-order valence-electron chi connectivity index (χ0n) is 15.3. The van der Waals surface area contributed by atoms with E-state index in [4.69, 9.17) is 5.11 Å². The molecule has 0 spiro atoms. The molecule has 24 heavy (non-hydrogen) atoms. The number of rotatable bonds is 4. The van der Waals surface area contributed by atoms with Gasteiger partial charge < -0.3 is 5.11 Å². The molecule has 0 aromatic heterocycles. The van der Waals surface area contributed by atoms with Gasteiger partial charge in [-0.3, -0.25) is 9.59 Å². The van der Waals surface area contributed by atoms with Gasteiger partial charge in [0, 0.05) is 5.41 Å². The van der Waals surface area contributed by atoms with Crippen molar-refractivity contribution >= 4 is 11.8 Å². The number of carbonyl (C=O) groups excluding carboxylic acids is 1. The Kier molecular flexibility index (Phi) is 5.36. The van der Waals surface area contributed by atoms with Crippen LogP contribution in [0.5, 0.6) is 0 Å². The van der Waals surface area contributed by atoms with Crippen molar-refractivity contribution in [3.63, 3.8) is 0 Å². The van der Waals surface area contributed by atoms with E-state index in [2.05, 4.69) is 0 Å². The first-order valence-electron chi connectivity index (χ1n) is 10.3. The molecule has 0 aromatic rings. The summed E-state index contributed by atoms with van der Waals surface area (Å²) in [6.07, 6.45) is 17.1. The molecule has 0 amide bonds. The summed E-state index contributed by atoms with van der Waals surface area (Å²) in [5.74, 6) is 1.19. The van der Waals surface area contributed by atoms with Crippen LogP contribution in [0, 0.1) is 22.7 Å². The maximum atomic E-state index is 11.4. The third-order valence-corrected chi connectivity index (χ3v) is 7.48. The number of ketones is 1. The Morgan fingerprint density at radius 1 is 0.708 bits per heavy atom. The van der Waals surface area contributed by atoms with Gasteiger partial charge in [-0.15, -0.1) is 0 Å². The van der Waals surface area contributed by atoms with Crippen LogP contribution >= 0.6 is 0 Å². The van der Waals surface area contributed by atoms with E-state index < -0.39 is 5.97 Å². The fourth-order valence-electron chi connectivity index (χ4n) is 5.42. The third kappa shape index (κ3) is 3.55.